The first-order chi connectivity index (χ1) is 10.2. The van der Waals surface area contributed by atoms with Crippen molar-refractivity contribution in [1.29, 1.82) is 0 Å². The highest BCUT2D eigenvalue weighted by Gasteiger charge is 2.30. The molecule has 1 aliphatic carbocycles. The maximum absolute atomic E-state index is 12.4. The lowest BCUT2D eigenvalue weighted by Gasteiger charge is -2.17. The number of nitrogens with zero attached hydrogens (tertiary/aromatic N) is 3. The molecule has 1 amide bonds. The van der Waals surface area contributed by atoms with E-state index in [0.29, 0.717) is 17.4 Å². The van der Waals surface area contributed by atoms with Gasteiger partial charge in [0.2, 0.25) is 5.91 Å². The van der Waals surface area contributed by atoms with Gasteiger partial charge in [-0.15, -0.1) is 5.10 Å². The van der Waals surface area contributed by atoms with Gasteiger partial charge < -0.3 is 5.32 Å². The van der Waals surface area contributed by atoms with Crippen molar-refractivity contribution < 1.29 is 4.79 Å². The molecular formula is C15H18N4O2. The van der Waals surface area contributed by atoms with Crippen LogP contribution < -0.4 is 10.9 Å². The first-order valence-electron chi connectivity index (χ1n) is 7.32. The number of fused-ring (bicyclic) bond motifs is 1. The molecular weight excluding hydrogens is 268 g/mol. The van der Waals surface area contributed by atoms with E-state index in [2.05, 4.69) is 15.6 Å². The maximum Gasteiger partial charge on any atom is 0.277 e. The van der Waals surface area contributed by atoms with Crippen LogP contribution in [-0.2, 0) is 11.3 Å². The van der Waals surface area contributed by atoms with Crippen molar-refractivity contribution in [2.75, 3.05) is 0 Å². The molecule has 6 nitrogen and oxygen atoms in total. The number of hydrogen-bond acceptors (Lipinski definition) is 4. The van der Waals surface area contributed by atoms with E-state index < -0.39 is 0 Å². The minimum Gasteiger partial charge on any atom is -0.351 e. The molecule has 1 aliphatic rings. The smallest absolute Gasteiger partial charge is 0.277 e. The average Bonchev–Trinajstić information content (AvgIpc) is 3.34. The SMILES string of the molecule is CC[C@H](Cn1nnc2ccccc2c1=O)NC(=O)C1CC1. The molecule has 0 aliphatic heterocycles. The van der Waals surface area contributed by atoms with Crippen LogP contribution in [0.4, 0.5) is 0 Å². The average molecular weight is 286 g/mol. The quantitative estimate of drug-likeness (QED) is 0.892. The van der Waals surface area contributed by atoms with Gasteiger partial charge >= 0.3 is 0 Å². The molecule has 1 heterocycles. The molecule has 1 saturated carbocycles. The Balaban J connectivity index is 1.80. The summed E-state index contributed by atoms with van der Waals surface area (Å²) in [5.41, 5.74) is 0.425. The van der Waals surface area contributed by atoms with Crippen molar-refractivity contribution in [3.8, 4) is 0 Å². The van der Waals surface area contributed by atoms with Crippen LogP contribution in [0.1, 0.15) is 26.2 Å². The number of aromatic nitrogens is 3. The Kier molecular flexibility index (Phi) is 3.68. The summed E-state index contributed by atoms with van der Waals surface area (Å²) in [4.78, 5) is 24.2. The van der Waals surface area contributed by atoms with E-state index in [1.54, 1.807) is 12.1 Å². The second kappa shape index (κ2) is 5.63. The summed E-state index contributed by atoms with van der Waals surface area (Å²) < 4.78 is 1.34. The molecule has 0 unspecified atom stereocenters. The molecule has 1 N–H and O–H groups in total. The Morgan fingerprint density at radius 2 is 2.19 bits per heavy atom. The zero-order valence-corrected chi connectivity index (χ0v) is 12.0. The number of hydrogen-bond donors (Lipinski definition) is 1. The van der Waals surface area contributed by atoms with Gasteiger partial charge in [0.05, 0.1) is 11.9 Å². The minimum atomic E-state index is -0.167. The van der Waals surface area contributed by atoms with Gasteiger partial charge in [0.15, 0.2) is 0 Å². The number of benzene rings is 1. The minimum absolute atomic E-state index is 0.0867. The van der Waals surface area contributed by atoms with Crippen LogP contribution in [0.5, 0.6) is 0 Å². The molecule has 1 aromatic carbocycles. The van der Waals surface area contributed by atoms with E-state index in [4.69, 9.17) is 0 Å². The van der Waals surface area contributed by atoms with Crippen molar-refractivity contribution in [2.45, 2.75) is 38.8 Å². The number of carbonyl (C=O) groups is 1. The van der Waals surface area contributed by atoms with E-state index in [9.17, 15) is 9.59 Å². The summed E-state index contributed by atoms with van der Waals surface area (Å²) in [5, 5.41) is 11.6. The van der Waals surface area contributed by atoms with E-state index in [0.717, 1.165) is 19.3 Å². The van der Waals surface area contributed by atoms with Crippen LogP contribution in [0, 0.1) is 5.92 Å². The van der Waals surface area contributed by atoms with Gasteiger partial charge in [-0.2, -0.15) is 0 Å². The molecule has 2 aromatic rings. The van der Waals surface area contributed by atoms with Crippen molar-refractivity contribution >= 4 is 16.8 Å². The predicted octanol–water partition coefficient (Wildman–Crippen LogP) is 1.10. The summed E-state index contributed by atoms with van der Waals surface area (Å²) in [7, 11) is 0. The lowest BCUT2D eigenvalue weighted by molar-refractivity contribution is -0.123. The van der Waals surface area contributed by atoms with Crippen LogP contribution in [0.15, 0.2) is 29.1 Å². The lowest BCUT2D eigenvalue weighted by atomic mass is 10.2. The van der Waals surface area contributed by atoms with Gasteiger partial charge in [0.1, 0.15) is 5.52 Å². The first-order valence-corrected chi connectivity index (χ1v) is 7.32. The van der Waals surface area contributed by atoms with E-state index in [1.807, 2.05) is 19.1 Å². The topological polar surface area (TPSA) is 76.9 Å². The van der Waals surface area contributed by atoms with Crippen molar-refractivity contribution in [2.24, 2.45) is 5.92 Å². The van der Waals surface area contributed by atoms with Gasteiger partial charge in [-0.25, -0.2) is 4.68 Å². The molecule has 6 heteroatoms. The summed E-state index contributed by atoms with van der Waals surface area (Å²) in [6.45, 7) is 2.34. The van der Waals surface area contributed by atoms with Gasteiger partial charge in [-0.3, -0.25) is 9.59 Å². The highest BCUT2D eigenvalue weighted by Crippen LogP contribution is 2.28. The van der Waals surface area contributed by atoms with Gasteiger partial charge in [-0.05, 0) is 31.4 Å². The Morgan fingerprint density at radius 3 is 2.90 bits per heavy atom. The molecule has 3 rings (SSSR count). The largest absolute Gasteiger partial charge is 0.351 e. The number of nitrogens with one attached hydrogen (secondary N) is 1. The Hall–Kier alpha value is -2.24. The Morgan fingerprint density at radius 1 is 1.43 bits per heavy atom. The van der Waals surface area contributed by atoms with Crippen LogP contribution in [0.3, 0.4) is 0 Å². The zero-order chi connectivity index (χ0) is 14.8. The van der Waals surface area contributed by atoms with Crippen molar-refractivity contribution in [3.63, 3.8) is 0 Å². The summed E-state index contributed by atoms with van der Waals surface area (Å²) >= 11 is 0. The van der Waals surface area contributed by atoms with E-state index in [1.165, 1.54) is 4.68 Å². The number of carbonyl (C=O) groups excluding carboxylic acids is 1. The third-order valence-corrected chi connectivity index (χ3v) is 3.81. The fourth-order valence-corrected chi connectivity index (χ4v) is 2.29. The van der Waals surface area contributed by atoms with Crippen molar-refractivity contribution in [3.05, 3.63) is 34.6 Å². The standard InChI is InChI=1S/C15H18N4O2/c1-2-11(16-14(20)10-7-8-10)9-19-15(21)12-5-3-4-6-13(12)17-18-19/h3-6,10-11H,2,7-9H2,1H3,(H,16,20)/t11-/m1/s1. The summed E-state index contributed by atoms with van der Waals surface area (Å²) in [6.07, 6.45) is 2.69. The fraction of sp³-hybridized carbons (Fsp3) is 0.467. The number of amides is 1. The van der Waals surface area contributed by atoms with Crippen LogP contribution in [0.2, 0.25) is 0 Å². The fourth-order valence-electron chi connectivity index (χ4n) is 2.29. The zero-order valence-electron chi connectivity index (χ0n) is 12.0. The molecule has 0 spiro atoms. The third-order valence-electron chi connectivity index (χ3n) is 3.81. The summed E-state index contributed by atoms with van der Waals surface area (Å²) in [6, 6.07) is 7.05. The second-order valence-corrected chi connectivity index (χ2v) is 5.48. The van der Waals surface area contributed by atoms with Gasteiger partial charge in [-0.1, -0.05) is 24.3 Å². The van der Waals surface area contributed by atoms with Gasteiger partial charge in [0, 0.05) is 12.0 Å². The molecule has 0 radical (unpaired) electrons. The van der Waals surface area contributed by atoms with Crippen molar-refractivity contribution in [1.82, 2.24) is 20.3 Å². The Bertz CT molecular complexity index is 721. The van der Waals surface area contributed by atoms with Crippen LogP contribution in [0.25, 0.3) is 10.9 Å². The monoisotopic (exact) mass is 286 g/mol. The van der Waals surface area contributed by atoms with E-state index in [-0.39, 0.29) is 23.4 Å². The van der Waals surface area contributed by atoms with Gasteiger partial charge in [0.25, 0.3) is 5.56 Å². The molecule has 1 atom stereocenters. The molecule has 110 valence electrons. The van der Waals surface area contributed by atoms with Crippen LogP contribution >= 0.6 is 0 Å². The predicted molar refractivity (Wildman–Crippen MR) is 78.7 cm³/mol. The highest BCUT2D eigenvalue weighted by molar-refractivity contribution is 5.81. The first kappa shape index (κ1) is 13.7. The summed E-state index contributed by atoms with van der Waals surface area (Å²) in [5.74, 6) is 0.252. The maximum atomic E-state index is 12.4. The molecule has 1 fully saturated rings. The molecule has 21 heavy (non-hydrogen) atoms. The number of rotatable bonds is 5. The van der Waals surface area contributed by atoms with Crippen LogP contribution in [-0.4, -0.2) is 26.9 Å². The normalized spacial score (nSPS) is 15.9. The molecule has 0 bridgehead atoms. The lowest BCUT2D eigenvalue weighted by Crippen LogP contribution is -2.41. The third kappa shape index (κ3) is 2.94. The second-order valence-electron chi connectivity index (χ2n) is 5.48. The molecule has 1 aromatic heterocycles. The van der Waals surface area contributed by atoms with E-state index >= 15 is 0 Å². The Labute approximate surface area is 122 Å². The highest BCUT2D eigenvalue weighted by atomic mass is 16.2. The molecule has 0 saturated heterocycles.